The molecule has 0 spiro atoms. The van der Waals surface area contributed by atoms with Gasteiger partial charge in [-0.2, -0.15) is 4.31 Å². The van der Waals surface area contributed by atoms with E-state index in [0.717, 1.165) is 5.41 Å². The molecule has 29 heavy (non-hydrogen) atoms. The zero-order valence-corrected chi connectivity index (χ0v) is 18.2. The van der Waals surface area contributed by atoms with E-state index in [1.54, 1.807) is 14.2 Å². The second-order valence-corrected chi connectivity index (χ2v) is 10.5. The highest BCUT2D eigenvalue weighted by molar-refractivity contribution is 7.92. The molecule has 11 heteroatoms. The summed E-state index contributed by atoms with van der Waals surface area (Å²) in [6, 6.07) is 5.82. The molecule has 162 valence electrons. The third kappa shape index (κ3) is 6.09. The Labute approximate surface area is 172 Å². The van der Waals surface area contributed by atoms with Crippen LogP contribution in [-0.4, -0.2) is 78.9 Å². The van der Waals surface area contributed by atoms with Gasteiger partial charge in [-0.1, -0.05) is 6.58 Å². The molecule has 1 aliphatic rings. The number of benzene rings is 1. The number of carbonyl (C=O) groups excluding carboxylic acids is 1. The summed E-state index contributed by atoms with van der Waals surface area (Å²) in [5, 5.41) is 0.825. The number of ether oxygens (including phenoxy) is 1. The Balaban J connectivity index is 2.02. The van der Waals surface area contributed by atoms with Gasteiger partial charge in [0, 0.05) is 51.3 Å². The van der Waals surface area contributed by atoms with Gasteiger partial charge in [0.05, 0.1) is 11.5 Å². The average Bonchev–Trinajstić information content (AvgIpc) is 3.20. The number of carbonyl (C=O) groups is 1. The second-order valence-electron chi connectivity index (χ2n) is 6.82. The highest BCUT2D eigenvalue weighted by atomic mass is 32.2. The molecule has 1 atom stereocenters. The van der Waals surface area contributed by atoms with Crippen molar-refractivity contribution in [3.63, 3.8) is 0 Å². The third-order valence-corrected chi connectivity index (χ3v) is 7.64. The average molecular weight is 446 g/mol. The lowest BCUT2D eigenvalue weighted by Crippen LogP contribution is -2.32. The first kappa shape index (κ1) is 23.5. The number of hydrogen-bond donors (Lipinski definition) is 1. The minimum Gasteiger partial charge on any atom is -0.383 e. The molecule has 0 aromatic heterocycles. The molecule has 1 aromatic rings. The van der Waals surface area contributed by atoms with Crippen LogP contribution in [0.15, 0.2) is 41.1 Å². The molecule has 0 saturated carbocycles. The van der Waals surface area contributed by atoms with Crippen molar-refractivity contribution >= 4 is 26.0 Å². The van der Waals surface area contributed by atoms with Gasteiger partial charge in [-0.3, -0.25) is 4.79 Å². The highest BCUT2D eigenvalue weighted by Gasteiger charge is 2.33. The van der Waals surface area contributed by atoms with Crippen LogP contribution in [0, 0.1) is 5.92 Å². The zero-order valence-electron chi connectivity index (χ0n) is 16.6. The molecule has 0 aliphatic carbocycles. The number of likely N-dealkylation sites (N-methyl/N-ethyl adjacent to an activating group) is 1. The van der Waals surface area contributed by atoms with Crippen LogP contribution in [0.4, 0.5) is 0 Å². The van der Waals surface area contributed by atoms with E-state index in [0.29, 0.717) is 31.7 Å². The fourth-order valence-electron chi connectivity index (χ4n) is 2.94. The molecule has 0 unspecified atom stereocenters. The van der Waals surface area contributed by atoms with Gasteiger partial charge in [0.2, 0.25) is 20.0 Å². The summed E-state index contributed by atoms with van der Waals surface area (Å²) in [6.45, 7) is 4.76. The molecule has 1 fully saturated rings. The van der Waals surface area contributed by atoms with E-state index in [9.17, 15) is 21.6 Å². The van der Waals surface area contributed by atoms with Crippen LogP contribution in [0.25, 0.3) is 0 Å². The van der Waals surface area contributed by atoms with E-state index >= 15 is 0 Å². The van der Waals surface area contributed by atoms with E-state index in [1.807, 2.05) is 0 Å². The minimum absolute atomic E-state index is 0.0981. The van der Waals surface area contributed by atoms with Crippen molar-refractivity contribution in [2.24, 2.45) is 5.92 Å². The quantitative estimate of drug-likeness (QED) is 0.560. The molecule has 1 N–H and O–H groups in total. The molecule has 0 bridgehead atoms. The van der Waals surface area contributed by atoms with Crippen LogP contribution in [-0.2, 0) is 24.8 Å². The fourth-order valence-corrected chi connectivity index (χ4v) is 5.06. The van der Waals surface area contributed by atoms with Gasteiger partial charge in [0.15, 0.2) is 0 Å². The summed E-state index contributed by atoms with van der Waals surface area (Å²) >= 11 is 0. The van der Waals surface area contributed by atoms with E-state index in [1.165, 1.54) is 33.5 Å². The Hall–Kier alpha value is -1.79. The molecule has 1 amide bonds. The lowest BCUT2D eigenvalue weighted by molar-refractivity contribution is 0.0744. The van der Waals surface area contributed by atoms with Crippen molar-refractivity contribution in [2.45, 2.75) is 11.3 Å². The van der Waals surface area contributed by atoms with Crippen molar-refractivity contribution in [3.05, 3.63) is 41.8 Å². The number of hydrogen-bond acceptors (Lipinski definition) is 6. The van der Waals surface area contributed by atoms with E-state index in [2.05, 4.69) is 11.3 Å². The predicted molar refractivity (Wildman–Crippen MR) is 109 cm³/mol. The number of rotatable bonds is 10. The number of methoxy groups -OCH3 is 1. The topological polar surface area (TPSA) is 113 Å². The Morgan fingerprint density at radius 1 is 1.31 bits per heavy atom. The normalized spacial score (nSPS) is 17.9. The van der Waals surface area contributed by atoms with E-state index < -0.39 is 20.0 Å². The van der Waals surface area contributed by atoms with E-state index in [-0.39, 0.29) is 29.8 Å². The number of nitrogens with zero attached hydrogens (tertiary/aromatic N) is 2. The molecular weight excluding hydrogens is 418 g/mol. The van der Waals surface area contributed by atoms with Gasteiger partial charge in [0.1, 0.15) is 0 Å². The van der Waals surface area contributed by atoms with Gasteiger partial charge < -0.3 is 9.64 Å². The van der Waals surface area contributed by atoms with Crippen LogP contribution in [0.5, 0.6) is 0 Å². The van der Waals surface area contributed by atoms with Crippen molar-refractivity contribution < 1.29 is 26.4 Å². The van der Waals surface area contributed by atoms with Gasteiger partial charge in [-0.15, -0.1) is 0 Å². The second kappa shape index (κ2) is 9.81. The van der Waals surface area contributed by atoms with Crippen molar-refractivity contribution in [3.8, 4) is 0 Å². The number of sulfonamides is 2. The first-order valence-corrected chi connectivity index (χ1v) is 12.1. The fraction of sp³-hybridized carbons (Fsp3) is 0.500. The van der Waals surface area contributed by atoms with Crippen LogP contribution in [0.2, 0.25) is 0 Å². The van der Waals surface area contributed by atoms with Crippen LogP contribution >= 0.6 is 0 Å². The molecule has 1 aromatic carbocycles. The standard InChI is InChI=1S/C18H27N3O6S2/c1-4-28(23,24)19-13-15-9-10-21(14-15)29(25,26)17-7-5-16(6-8-17)18(22)20(2)11-12-27-3/h4-8,15,19H,1,9-14H2,2-3H3/t15-/m1/s1. The molecule has 1 aliphatic heterocycles. The van der Waals surface area contributed by atoms with Crippen LogP contribution < -0.4 is 4.72 Å². The summed E-state index contributed by atoms with van der Waals surface area (Å²) in [7, 11) is -4.05. The maximum absolute atomic E-state index is 12.9. The molecule has 1 saturated heterocycles. The minimum atomic E-state index is -3.72. The molecular formula is C18H27N3O6S2. The molecule has 9 nitrogen and oxygen atoms in total. The van der Waals surface area contributed by atoms with Crippen molar-refractivity contribution in [1.29, 1.82) is 0 Å². The number of amides is 1. The molecule has 2 rings (SSSR count). The van der Waals surface area contributed by atoms with E-state index in [4.69, 9.17) is 4.74 Å². The highest BCUT2D eigenvalue weighted by Crippen LogP contribution is 2.24. The summed E-state index contributed by atoms with van der Waals surface area (Å²) < 4.78 is 57.3. The maximum Gasteiger partial charge on any atom is 0.253 e. The lowest BCUT2D eigenvalue weighted by Gasteiger charge is -2.18. The smallest absolute Gasteiger partial charge is 0.253 e. The SMILES string of the molecule is C=CS(=O)(=O)NC[C@H]1CCN(S(=O)(=O)c2ccc(C(=O)N(C)CCOC)cc2)C1. The van der Waals surface area contributed by atoms with Crippen LogP contribution in [0.3, 0.4) is 0 Å². The number of nitrogens with one attached hydrogen (secondary N) is 1. The summed E-state index contributed by atoms with van der Waals surface area (Å²) in [5.41, 5.74) is 0.390. The Morgan fingerprint density at radius 2 is 1.97 bits per heavy atom. The first-order chi connectivity index (χ1) is 13.6. The van der Waals surface area contributed by atoms with Gasteiger partial charge >= 0.3 is 0 Å². The van der Waals surface area contributed by atoms with Gasteiger partial charge in [0.25, 0.3) is 5.91 Å². The zero-order chi connectivity index (χ0) is 21.7. The van der Waals surface area contributed by atoms with Crippen LogP contribution in [0.1, 0.15) is 16.8 Å². The predicted octanol–water partition coefficient (Wildman–Crippen LogP) is 0.479. The molecule has 1 heterocycles. The maximum atomic E-state index is 12.9. The summed E-state index contributed by atoms with van der Waals surface area (Å²) in [5.74, 6) is -0.337. The Morgan fingerprint density at radius 3 is 2.55 bits per heavy atom. The third-order valence-electron chi connectivity index (χ3n) is 4.76. The van der Waals surface area contributed by atoms with Gasteiger partial charge in [-0.05, 0) is 36.6 Å². The summed E-state index contributed by atoms with van der Waals surface area (Å²) in [6.07, 6.45) is 0.555. The van der Waals surface area contributed by atoms with Crippen molar-refractivity contribution in [1.82, 2.24) is 13.9 Å². The Kier molecular flexibility index (Phi) is 7.94. The first-order valence-electron chi connectivity index (χ1n) is 9.07. The summed E-state index contributed by atoms with van der Waals surface area (Å²) in [4.78, 5) is 13.9. The Bertz CT molecular complexity index is 929. The van der Waals surface area contributed by atoms with Crippen molar-refractivity contribution in [2.75, 3.05) is 46.9 Å². The largest absolute Gasteiger partial charge is 0.383 e. The van der Waals surface area contributed by atoms with Gasteiger partial charge in [-0.25, -0.2) is 21.6 Å². The lowest BCUT2D eigenvalue weighted by atomic mass is 10.1. The molecule has 0 radical (unpaired) electrons. The monoisotopic (exact) mass is 445 g/mol.